The number of unbranched alkanes of at least 4 members (excludes halogenated alkanes) is 2. The molecular formula is C24H26F6N2O2S. The van der Waals surface area contributed by atoms with Gasteiger partial charge in [0.2, 0.25) is 0 Å². The van der Waals surface area contributed by atoms with E-state index in [2.05, 4.69) is 5.32 Å². The lowest BCUT2D eigenvalue weighted by atomic mass is 9.79. The topological polar surface area (TPSA) is 64.4 Å². The van der Waals surface area contributed by atoms with Crippen LogP contribution in [0.2, 0.25) is 0 Å². The van der Waals surface area contributed by atoms with Crippen LogP contribution in [-0.4, -0.2) is 24.9 Å². The predicted molar refractivity (Wildman–Crippen MR) is 122 cm³/mol. The number of thiophene rings is 1. The highest BCUT2D eigenvalue weighted by molar-refractivity contribution is 7.13. The Bertz CT molecular complexity index is 1060. The van der Waals surface area contributed by atoms with Crippen LogP contribution in [0.25, 0.3) is 5.57 Å². The Morgan fingerprint density at radius 1 is 1.03 bits per heavy atom. The molecular weight excluding hydrogens is 494 g/mol. The van der Waals surface area contributed by atoms with E-state index in [-0.39, 0.29) is 35.6 Å². The van der Waals surface area contributed by atoms with Crippen molar-refractivity contribution in [2.45, 2.75) is 63.3 Å². The van der Waals surface area contributed by atoms with Crippen molar-refractivity contribution < 1.29 is 35.9 Å². The summed E-state index contributed by atoms with van der Waals surface area (Å²) in [5.41, 5.74) is 2.98. The zero-order valence-electron chi connectivity index (χ0n) is 19.0. The van der Waals surface area contributed by atoms with Crippen molar-refractivity contribution in [2.75, 3.05) is 6.61 Å². The van der Waals surface area contributed by atoms with Crippen LogP contribution in [0.5, 0.6) is 5.75 Å². The summed E-state index contributed by atoms with van der Waals surface area (Å²) in [6.45, 7) is 2.06. The summed E-state index contributed by atoms with van der Waals surface area (Å²) in [5, 5.41) is 2.08. The number of carbonyl (C=O) groups excluding carboxylic acids is 1. The molecule has 0 spiro atoms. The third kappa shape index (κ3) is 6.31. The molecule has 0 saturated carbocycles. The lowest BCUT2D eigenvalue weighted by molar-refractivity contribution is -0.201. The van der Waals surface area contributed by atoms with Crippen molar-refractivity contribution in [3.8, 4) is 5.75 Å². The summed E-state index contributed by atoms with van der Waals surface area (Å²) in [6.07, 6.45) is -9.03. The number of halogens is 6. The Balaban J connectivity index is 1.77. The molecule has 1 atom stereocenters. The maximum absolute atomic E-state index is 14.5. The average molecular weight is 521 g/mol. The second-order valence-corrected chi connectivity index (χ2v) is 9.51. The summed E-state index contributed by atoms with van der Waals surface area (Å²) in [4.78, 5) is 14.0. The summed E-state index contributed by atoms with van der Waals surface area (Å²) < 4.78 is 85.4. The fraction of sp³-hybridized carbons (Fsp3) is 0.458. The van der Waals surface area contributed by atoms with E-state index in [9.17, 15) is 31.1 Å². The summed E-state index contributed by atoms with van der Waals surface area (Å²) >= 11 is 1.30. The van der Waals surface area contributed by atoms with Crippen molar-refractivity contribution in [2.24, 2.45) is 5.73 Å². The van der Waals surface area contributed by atoms with Crippen LogP contribution in [0.15, 0.2) is 42.1 Å². The van der Waals surface area contributed by atoms with Gasteiger partial charge in [0.1, 0.15) is 11.4 Å². The van der Waals surface area contributed by atoms with E-state index in [0.717, 1.165) is 4.88 Å². The minimum Gasteiger partial charge on any atom is -0.494 e. The number of carbonyl (C=O) groups is 1. The molecule has 1 aliphatic heterocycles. The molecule has 0 aliphatic carbocycles. The molecule has 1 amide bonds. The normalized spacial score (nSPS) is 19.1. The van der Waals surface area contributed by atoms with Gasteiger partial charge >= 0.3 is 12.4 Å². The standard InChI is InChI=1S/C24H26F6N2O2S/c1-2-17-10-11-19(35-17)18-14-22(24(28,29)30,32-21(33)20(18)31)15-6-8-16(9-7-15)34-13-5-3-4-12-23(25,26)27/h6-11H,2-5,12-14,31H2,1H3,(H,32,33). The van der Waals surface area contributed by atoms with E-state index in [0.29, 0.717) is 24.1 Å². The fourth-order valence-electron chi connectivity index (χ4n) is 3.89. The van der Waals surface area contributed by atoms with Crippen molar-refractivity contribution in [1.29, 1.82) is 0 Å². The monoisotopic (exact) mass is 520 g/mol. The highest BCUT2D eigenvalue weighted by Gasteiger charge is 2.59. The minimum absolute atomic E-state index is 0.0113. The number of hydrogen-bond donors (Lipinski definition) is 2. The second kappa shape index (κ2) is 10.5. The average Bonchev–Trinajstić information content (AvgIpc) is 3.26. The van der Waals surface area contributed by atoms with E-state index >= 15 is 0 Å². The number of nitrogens with one attached hydrogen (secondary N) is 1. The summed E-state index contributed by atoms with van der Waals surface area (Å²) in [5.74, 6) is -0.709. The smallest absolute Gasteiger partial charge is 0.416 e. The van der Waals surface area contributed by atoms with Gasteiger partial charge in [0.05, 0.1) is 6.61 Å². The molecule has 0 radical (unpaired) electrons. The molecule has 1 aromatic heterocycles. The van der Waals surface area contributed by atoms with Gasteiger partial charge in [-0.05, 0) is 55.5 Å². The molecule has 0 bridgehead atoms. The van der Waals surface area contributed by atoms with Crippen molar-refractivity contribution in [1.82, 2.24) is 5.32 Å². The molecule has 1 aromatic carbocycles. The van der Waals surface area contributed by atoms with E-state index in [1.807, 2.05) is 6.92 Å². The quantitative estimate of drug-likeness (QED) is 0.295. The van der Waals surface area contributed by atoms with E-state index in [1.165, 1.54) is 35.6 Å². The van der Waals surface area contributed by atoms with Gasteiger partial charge in [0.25, 0.3) is 5.91 Å². The Morgan fingerprint density at radius 3 is 2.29 bits per heavy atom. The van der Waals surface area contributed by atoms with Crippen LogP contribution in [0, 0.1) is 0 Å². The number of hydrogen-bond acceptors (Lipinski definition) is 4. The van der Waals surface area contributed by atoms with Crippen molar-refractivity contribution in [3.05, 3.63) is 57.4 Å². The number of amides is 1. The van der Waals surface area contributed by atoms with Crippen LogP contribution in [0.3, 0.4) is 0 Å². The first-order valence-electron chi connectivity index (χ1n) is 11.1. The van der Waals surface area contributed by atoms with Gasteiger partial charge in [-0.1, -0.05) is 19.1 Å². The number of alkyl halides is 6. The third-order valence-electron chi connectivity index (χ3n) is 5.85. The predicted octanol–water partition coefficient (Wildman–Crippen LogP) is 6.46. The lowest BCUT2D eigenvalue weighted by Crippen LogP contribution is -2.59. The largest absolute Gasteiger partial charge is 0.494 e. The Morgan fingerprint density at radius 2 is 1.71 bits per heavy atom. The van der Waals surface area contributed by atoms with Crippen LogP contribution in [0.4, 0.5) is 26.3 Å². The van der Waals surface area contributed by atoms with Gasteiger partial charge in [-0.2, -0.15) is 26.3 Å². The first kappa shape index (κ1) is 26.9. The Labute approximate surface area is 203 Å². The minimum atomic E-state index is -4.82. The molecule has 2 aromatic rings. The molecule has 2 heterocycles. The highest BCUT2D eigenvalue weighted by Crippen LogP contribution is 2.48. The Kier molecular flexibility index (Phi) is 8.08. The number of nitrogens with two attached hydrogens (primary N) is 1. The molecule has 35 heavy (non-hydrogen) atoms. The van der Waals surface area contributed by atoms with Gasteiger partial charge in [0.15, 0.2) is 5.54 Å². The molecule has 4 nitrogen and oxygen atoms in total. The van der Waals surface area contributed by atoms with Gasteiger partial charge in [-0.25, -0.2) is 0 Å². The molecule has 1 aliphatic rings. The molecule has 3 N–H and O–H groups in total. The number of ether oxygens (including phenoxy) is 1. The highest BCUT2D eigenvalue weighted by atomic mass is 32.1. The van der Waals surface area contributed by atoms with Gasteiger partial charge < -0.3 is 15.8 Å². The van der Waals surface area contributed by atoms with Crippen LogP contribution >= 0.6 is 11.3 Å². The molecule has 0 fully saturated rings. The van der Waals surface area contributed by atoms with Gasteiger partial charge in [-0.15, -0.1) is 11.3 Å². The summed E-state index contributed by atoms with van der Waals surface area (Å²) in [7, 11) is 0. The van der Waals surface area contributed by atoms with Gasteiger partial charge in [0, 0.05) is 28.2 Å². The van der Waals surface area contributed by atoms with E-state index < -0.39 is 36.6 Å². The number of aryl methyl sites for hydroxylation is 1. The van der Waals surface area contributed by atoms with Crippen molar-refractivity contribution in [3.63, 3.8) is 0 Å². The lowest BCUT2D eigenvalue weighted by Gasteiger charge is -2.40. The van der Waals surface area contributed by atoms with E-state index in [4.69, 9.17) is 10.5 Å². The summed E-state index contributed by atoms with van der Waals surface area (Å²) in [6, 6.07) is 8.66. The molecule has 192 valence electrons. The Hall–Kier alpha value is -2.69. The first-order chi connectivity index (χ1) is 16.4. The zero-order valence-corrected chi connectivity index (χ0v) is 19.8. The molecule has 1 unspecified atom stereocenters. The number of rotatable bonds is 9. The van der Waals surface area contributed by atoms with Crippen LogP contribution < -0.4 is 15.8 Å². The van der Waals surface area contributed by atoms with Crippen LogP contribution in [-0.2, 0) is 16.8 Å². The SMILES string of the molecule is CCc1ccc(C2=C(N)C(=O)NC(c3ccc(OCCCCCC(F)(F)F)cc3)(C(F)(F)F)C2)s1. The molecule has 3 rings (SSSR count). The second-order valence-electron chi connectivity index (χ2n) is 8.34. The fourth-order valence-corrected chi connectivity index (χ4v) is 4.90. The van der Waals surface area contributed by atoms with Crippen LogP contribution in [0.1, 0.15) is 54.3 Å². The maximum atomic E-state index is 14.5. The van der Waals surface area contributed by atoms with E-state index in [1.54, 1.807) is 12.1 Å². The molecule has 11 heteroatoms. The number of benzene rings is 1. The molecule has 0 saturated heterocycles. The first-order valence-corrected chi connectivity index (χ1v) is 11.9. The maximum Gasteiger partial charge on any atom is 0.416 e. The third-order valence-corrected chi connectivity index (χ3v) is 7.14. The van der Waals surface area contributed by atoms with Crippen molar-refractivity contribution >= 4 is 22.8 Å². The zero-order chi connectivity index (χ0) is 25.9. The van der Waals surface area contributed by atoms with Gasteiger partial charge in [-0.3, -0.25) is 4.79 Å².